The van der Waals surface area contributed by atoms with E-state index in [1.807, 2.05) is 13.0 Å². The Morgan fingerprint density at radius 1 is 1.36 bits per heavy atom. The van der Waals surface area contributed by atoms with E-state index in [4.69, 9.17) is 23.2 Å². The molecule has 0 fully saturated rings. The predicted octanol–water partition coefficient (Wildman–Crippen LogP) is 3.73. The topological polar surface area (TPSA) is 0 Å². The standard InChI is InChI=1S/C8H8Cl2S/c1-5-2-3-7(9)8(10)6(5)4-11/h2-3,11H,4H2,1H3. The van der Waals surface area contributed by atoms with Gasteiger partial charge in [-0.05, 0) is 24.1 Å². The molecule has 0 amide bonds. The van der Waals surface area contributed by atoms with Gasteiger partial charge in [-0.15, -0.1) is 0 Å². The first kappa shape index (κ1) is 9.24. The Bertz CT molecular complexity index is 271. The molecule has 3 heteroatoms. The minimum absolute atomic E-state index is 0.598. The molecule has 11 heavy (non-hydrogen) atoms. The molecule has 0 aromatic heterocycles. The summed E-state index contributed by atoms with van der Waals surface area (Å²) in [7, 11) is 0. The van der Waals surface area contributed by atoms with E-state index in [1.54, 1.807) is 6.07 Å². The van der Waals surface area contributed by atoms with Crippen LogP contribution in [0.1, 0.15) is 11.1 Å². The summed E-state index contributed by atoms with van der Waals surface area (Å²) >= 11 is 15.9. The van der Waals surface area contributed by atoms with Gasteiger partial charge < -0.3 is 0 Å². The molecule has 1 aromatic rings. The maximum Gasteiger partial charge on any atom is 0.0635 e. The van der Waals surface area contributed by atoms with Crippen LogP contribution in [0, 0.1) is 6.92 Å². The van der Waals surface area contributed by atoms with Crippen LogP contribution in [0.2, 0.25) is 10.0 Å². The van der Waals surface area contributed by atoms with Crippen LogP contribution in [0.3, 0.4) is 0 Å². The molecule has 0 aliphatic carbocycles. The van der Waals surface area contributed by atoms with Gasteiger partial charge in [0.2, 0.25) is 0 Å². The van der Waals surface area contributed by atoms with Crippen molar-refractivity contribution in [1.29, 1.82) is 0 Å². The Kier molecular flexibility index (Phi) is 3.11. The molecule has 60 valence electrons. The Hall–Kier alpha value is 0.150. The average Bonchev–Trinajstić information content (AvgIpc) is 1.99. The highest BCUT2D eigenvalue weighted by Gasteiger charge is 2.05. The first-order chi connectivity index (χ1) is 5.16. The zero-order chi connectivity index (χ0) is 8.43. The Morgan fingerprint density at radius 3 is 2.45 bits per heavy atom. The van der Waals surface area contributed by atoms with Crippen molar-refractivity contribution in [2.24, 2.45) is 0 Å². The predicted molar refractivity (Wildman–Crippen MR) is 53.9 cm³/mol. The lowest BCUT2D eigenvalue weighted by atomic mass is 10.1. The molecule has 0 bridgehead atoms. The van der Waals surface area contributed by atoms with E-state index < -0.39 is 0 Å². The van der Waals surface area contributed by atoms with Crippen molar-refractivity contribution >= 4 is 35.8 Å². The van der Waals surface area contributed by atoms with E-state index in [2.05, 4.69) is 12.6 Å². The van der Waals surface area contributed by atoms with Crippen LogP contribution in [-0.4, -0.2) is 0 Å². The number of hydrogen-bond donors (Lipinski definition) is 1. The fraction of sp³-hybridized carbons (Fsp3) is 0.250. The highest BCUT2D eigenvalue weighted by Crippen LogP contribution is 2.29. The Balaban J connectivity index is 3.29. The van der Waals surface area contributed by atoms with Gasteiger partial charge in [-0.25, -0.2) is 0 Å². The average molecular weight is 207 g/mol. The second kappa shape index (κ2) is 3.70. The van der Waals surface area contributed by atoms with E-state index >= 15 is 0 Å². The first-order valence-electron chi connectivity index (χ1n) is 3.21. The molecule has 0 spiro atoms. The zero-order valence-electron chi connectivity index (χ0n) is 6.06. The highest BCUT2D eigenvalue weighted by atomic mass is 35.5. The number of rotatable bonds is 1. The first-order valence-corrected chi connectivity index (χ1v) is 4.60. The van der Waals surface area contributed by atoms with E-state index in [0.29, 0.717) is 15.8 Å². The van der Waals surface area contributed by atoms with E-state index in [1.165, 1.54) is 0 Å². The molecule has 1 rings (SSSR count). The molecular weight excluding hydrogens is 199 g/mol. The molecule has 0 saturated heterocycles. The third-order valence-electron chi connectivity index (χ3n) is 1.59. The summed E-state index contributed by atoms with van der Waals surface area (Å²) in [4.78, 5) is 0. The zero-order valence-corrected chi connectivity index (χ0v) is 8.47. The largest absolute Gasteiger partial charge is 0.174 e. The van der Waals surface area contributed by atoms with Crippen molar-refractivity contribution in [1.82, 2.24) is 0 Å². The fourth-order valence-corrected chi connectivity index (χ4v) is 1.84. The number of benzene rings is 1. The van der Waals surface area contributed by atoms with E-state index in [9.17, 15) is 0 Å². The molecule has 0 aliphatic heterocycles. The van der Waals surface area contributed by atoms with Crippen LogP contribution in [-0.2, 0) is 5.75 Å². The molecule has 0 atom stereocenters. The molecule has 0 unspecified atom stereocenters. The van der Waals surface area contributed by atoms with Crippen molar-refractivity contribution < 1.29 is 0 Å². The van der Waals surface area contributed by atoms with Crippen molar-refractivity contribution in [3.8, 4) is 0 Å². The second-order valence-electron chi connectivity index (χ2n) is 2.31. The van der Waals surface area contributed by atoms with Gasteiger partial charge in [-0.1, -0.05) is 29.3 Å². The third-order valence-corrected chi connectivity index (χ3v) is 2.75. The van der Waals surface area contributed by atoms with Crippen LogP contribution < -0.4 is 0 Å². The number of halogens is 2. The lowest BCUT2D eigenvalue weighted by Gasteiger charge is -2.05. The summed E-state index contributed by atoms with van der Waals surface area (Å²) in [5.74, 6) is 0.630. The van der Waals surface area contributed by atoms with Gasteiger partial charge >= 0.3 is 0 Å². The van der Waals surface area contributed by atoms with Gasteiger partial charge in [0, 0.05) is 5.75 Å². The summed E-state index contributed by atoms with van der Waals surface area (Å²) in [5.41, 5.74) is 2.15. The normalized spacial score (nSPS) is 10.2. The Morgan fingerprint density at radius 2 is 2.00 bits per heavy atom. The number of aryl methyl sites for hydroxylation is 1. The van der Waals surface area contributed by atoms with Gasteiger partial charge in [0.1, 0.15) is 0 Å². The maximum absolute atomic E-state index is 5.92. The van der Waals surface area contributed by atoms with Crippen molar-refractivity contribution in [3.63, 3.8) is 0 Å². The summed E-state index contributed by atoms with van der Waals surface area (Å²) in [6, 6.07) is 3.74. The van der Waals surface area contributed by atoms with Crippen LogP contribution in [0.15, 0.2) is 12.1 Å². The molecule has 0 radical (unpaired) electrons. The van der Waals surface area contributed by atoms with E-state index in [-0.39, 0.29) is 0 Å². The minimum Gasteiger partial charge on any atom is -0.174 e. The van der Waals surface area contributed by atoms with E-state index in [0.717, 1.165) is 11.1 Å². The van der Waals surface area contributed by atoms with Crippen molar-refractivity contribution in [2.45, 2.75) is 12.7 Å². The van der Waals surface area contributed by atoms with Crippen LogP contribution in [0.25, 0.3) is 0 Å². The quantitative estimate of drug-likeness (QED) is 0.666. The number of hydrogen-bond acceptors (Lipinski definition) is 1. The Labute approximate surface area is 81.9 Å². The number of thiol groups is 1. The summed E-state index contributed by atoms with van der Waals surface area (Å²) < 4.78 is 0. The molecule has 0 aliphatic rings. The van der Waals surface area contributed by atoms with Gasteiger partial charge in [-0.2, -0.15) is 12.6 Å². The van der Waals surface area contributed by atoms with Gasteiger partial charge in [0.05, 0.1) is 10.0 Å². The highest BCUT2D eigenvalue weighted by molar-refractivity contribution is 7.79. The molecular formula is C8H8Cl2S. The van der Waals surface area contributed by atoms with Crippen LogP contribution in [0.4, 0.5) is 0 Å². The molecule has 0 N–H and O–H groups in total. The van der Waals surface area contributed by atoms with Gasteiger partial charge in [-0.3, -0.25) is 0 Å². The van der Waals surface area contributed by atoms with Crippen LogP contribution >= 0.6 is 35.8 Å². The maximum atomic E-state index is 5.92. The molecule has 1 aromatic carbocycles. The SMILES string of the molecule is Cc1ccc(Cl)c(Cl)c1CS. The minimum atomic E-state index is 0.598. The second-order valence-corrected chi connectivity index (χ2v) is 3.42. The van der Waals surface area contributed by atoms with Gasteiger partial charge in [0.15, 0.2) is 0 Å². The smallest absolute Gasteiger partial charge is 0.0635 e. The lowest BCUT2D eigenvalue weighted by Crippen LogP contribution is -1.86. The third kappa shape index (κ3) is 1.84. The summed E-state index contributed by atoms with van der Waals surface area (Å²) in [6.45, 7) is 1.99. The van der Waals surface area contributed by atoms with Gasteiger partial charge in [0.25, 0.3) is 0 Å². The lowest BCUT2D eigenvalue weighted by molar-refractivity contribution is 1.32. The molecule has 0 nitrogen and oxygen atoms in total. The monoisotopic (exact) mass is 206 g/mol. The molecule has 0 heterocycles. The van der Waals surface area contributed by atoms with Crippen molar-refractivity contribution in [2.75, 3.05) is 0 Å². The fourth-order valence-electron chi connectivity index (χ4n) is 0.883. The van der Waals surface area contributed by atoms with Crippen LogP contribution in [0.5, 0.6) is 0 Å². The summed E-state index contributed by atoms with van der Waals surface area (Å²) in [6.07, 6.45) is 0. The molecule has 0 saturated carbocycles. The summed E-state index contributed by atoms with van der Waals surface area (Å²) in [5, 5.41) is 1.22. The van der Waals surface area contributed by atoms with Crippen molar-refractivity contribution in [3.05, 3.63) is 33.3 Å².